The van der Waals surface area contributed by atoms with Crippen molar-refractivity contribution in [2.24, 2.45) is 17.6 Å². The number of nitrogen functional groups attached to an aromatic ring is 1. The number of aromatic carboxylic acids is 1. The fourth-order valence-corrected chi connectivity index (χ4v) is 4.15. The highest BCUT2D eigenvalue weighted by atomic mass is 19.1. The third-order valence-corrected chi connectivity index (χ3v) is 5.92. The van der Waals surface area contributed by atoms with Crippen molar-refractivity contribution in [1.82, 2.24) is 4.57 Å². The van der Waals surface area contributed by atoms with Crippen molar-refractivity contribution in [2.45, 2.75) is 25.8 Å². The number of carbonyl (C=O) groups is 1. The van der Waals surface area contributed by atoms with Gasteiger partial charge in [-0.25, -0.2) is 13.6 Å². The van der Waals surface area contributed by atoms with Gasteiger partial charge in [0, 0.05) is 25.3 Å². The number of nitrogens with two attached hydrogens (primary N) is 2. The third-order valence-electron chi connectivity index (χ3n) is 5.92. The monoisotopic (exact) mass is 392 g/mol. The lowest BCUT2D eigenvalue weighted by Crippen LogP contribution is -2.27. The molecule has 9 heteroatoms. The van der Waals surface area contributed by atoms with Crippen LogP contribution < -0.4 is 21.8 Å². The molecule has 4 rings (SSSR count). The Kier molecular flexibility index (Phi) is 4.29. The molecule has 1 saturated carbocycles. The molecule has 0 unspecified atom stereocenters. The van der Waals surface area contributed by atoms with Crippen LogP contribution in [0.5, 0.6) is 0 Å². The Labute approximate surface area is 159 Å². The number of nitrogens with zero attached hydrogens (tertiary/aromatic N) is 2. The Morgan fingerprint density at radius 3 is 2.50 bits per heavy atom. The van der Waals surface area contributed by atoms with E-state index in [0.717, 1.165) is 19.0 Å². The van der Waals surface area contributed by atoms with Gasteiger partial charge >= 0.3 is 5.97 Å². The summed E-state index contributed by atoms with van der Waals surface area (Å²) in [6.45, 7) is 3.18. The molecule has 2 aliphatic rings. The van der Waals surface area contributed by atoms with Gasteiger partial charge < -0.3 is 26.0 Å². The summed E-state index contributed by atoms with van der Waals surface area (Å²) in [5.74, 6) is -3.12. The van der Waals surface area contributed by atoms with Crippen LogP contribution in [0.4, 0.5) is 20.2 Å². The lowest BCUT2D eigenvalue weighted by Gasteiger charge is -2.23. The van der Waals surface area contributed by atoms with Gasteiger partial charge in [0.25, 0.3) is 0 Å². The Morgan fingerprint density at radius 2 is 1.96 bits per heavy atom. The molecule has 2 fully saturated rings. The topological polar surface area (TPSA) is 115 Å². The number of pyridine rings is 1. The highest BCUT2D eigenvalue weighted by Gasteiger charge is 2.36. The van der Waals surface area contributed by atoms with Crippen LogP contribution in [0.1, 0.15) is 36.2 Å². The van der Waals surface area contributed by atoms with Crippen molar-refractivity contribution in [2.75, 3.05) is 30.3 Å². The van der Waals surface area contributed by atoms with Crippen LogP contribution in [0, 0.1) is 23.5 Å². The molecule has 28 heavy (non-hydrogen) atoms. The van der Waals surface area contributed by atoms with Gasteiger partial charge in [0.05, 0.1) is 16.6 Å². The smallest absolute Gasteiger partial charge is 0.341 e. The summed E-state index contributed by atoms with van der Waals surface area (Å²) in [6.07, 6.45) is 2.59. The van der Waals surface area contributed by atoms with E-state index in [9.17, 15) is 14.7 Å². The SMILES string of the molecule is C[C@@H]1CN(c2c(F)c(N)c3c(=O)c(C(=O)O)cn(C4CC4)c3c2F)C[C@@H]1CN. The molecule has 150 valence electrons. The molecule has 0 amide bonds. The normalized spacial score (nSPS) is 22.2. The molecule has 0 spiro atoms. The van der Waals surface area contributed by atoms with Crippen molar-refractivity contribution in [3.63, 3.8) is 0 Å². The lowest BCUT2D eigenvalue weighted by molar-refractivity contribution is 0.0695. The minimum absolute atomic E-state index is 0.0933. The van der Waals surface area contributed by atoms with Crippen LogP contribution >= 0.6 is 0 Å². The van der Waals surface area contributed by atoms with Gasteiger partial charge in [-0.3, -0.25) is 4.79 Å². The summed E-state index contributed by atoms with van der Waals surface area (Å²) in [7, 11) is 0. The highest BCUT2D eigenvalue weighted by Crippen LogP contribution is 2.42. The second kappa shape index (κ2) is 6.44. The molecular weight excluding hydrogens is 370 g/mol. The molecule has 1 aliphatic heterocycles. The summed E-state index contributed by atoms with van der Waals surface area (Å²) < 4.78 is 32.2. The number of aromatic nitrogens is 1. The van der Waals surface area contributed by atoms with Gasteiger partial charge in [-0.05, 0) is 31.2 Å². The molecule has 5 N–H and O–H groups in total. The van der Waals surface area contributed by atoms with Crippen molar-refractivity contribution >= 4 is 28.2 Å². The molecule has 1 aliphatic carbocycles. The van der Waals surface area contributed by atoms with Gasteiger partial charge in [-0.15, -0.1) is 0 Å². The second-order valence-corrected chi connectivity index (χ2v) is 7.81. The zero-order valence-electron chi connectivity index (χ0n) is 15.4. The number of hydrogen-bond acceptors (Lipinski definition) is 5. The summed E-state index contributed by atoms with van der Waals surface area (Å²) in [5, 5.41) is 8.92. The first-order valence-electron chi connectivity index (χ1n) is 9.29. The first-order valence-corrected chi connectivity index (χ1v) is 9.29. The predicted octanol–water partition coefficient (Wildman–Crippen LogP) is 1.93. The van der Waals surface area contributed by atoms with E-state index in [1.807, 2.05) is 6.92 Å². The van der Waals surface area contributed by atoms with E-state index in [1.165, 1.54) is 4.57 Å². The van der Waals surface area contributed by atoms with Crippen molar-refractivity contribution in [3.8, 4) is 0 Å². The van der Waals surface area contributed by atoms with Gasteiger partial charge in [0.2, 0.25) is 5.43 Å². The number of rotatable bonds is 4. The van der Waals surface area contributed by atoms with Gasteiger partial charge in [0.15, 0.2) is 11.6 Å². The molecule has 0 radical (unpaired) electrons. The van der Waals surface area contributed by atoms with Crippen molar-refractivity contribution < 1.29 is 18.7 Å². The highest BCUT2D eigenvalue weighted by molar-refractivity contribution is 5.99. The predicted molar refractivity (Wildman–Crippen MR) is 102 cm³/mol. The lowest BCUT2D eigenvalue weighted by atomic mass is 9.99. The van der Waals surface area contributed by atoms with Crippen LogP contribution in [0.15, 0.2) is 11.0 Å². The molecule has 1 aromatic carbocycles. The minimum atomic E-state index is -1.45. The first-order chi connectivity index (χ1) is 13.3. The summed E-state index contributed by atoms with van der Waals surface area (Å²) in [6, 6.07) is -0.136. The standard InChI is InChI=1S/C19H22F2N4O3/c1-8-5-24(6-9(8)4-22)17-13(20)15(23)12-16(14(17)21)25(10-2-3-10)7-11(18(12)26)19(27)28/h7-10H,2-6,22-23H2,1H3,(H,27,28)/t8-,9+/m1/s1. The van der Waals surface area contributed by atoms with Crippen LogP contribution in [0.2, 0.25) is 0 Å². The number of carboxylic acids is 1. The van der Waals surface area contributed by atoms with E-state index in [4.69, 9.17) is 11.5 Å². The Hall–Kier alpha value is -2.68. The molecule has 0 bridgehead atoms. The molecule has 2 aromatic rings. The average Bonchev–Trinajstić information content (AvgIpc) is 3.42. The molecule has 2 heterocycles. The molecule has 1 saturated heterocycles. The number of halogens is 2. The molecule has 7 nitrogen and oxygen atoms in total. The Bertz CT molecular complexity index is 1050. The number of hydrogen-bond donors (Lipinski definition) is 3. The molecular formula is C19H22F2N4O3. The van der Waals surface area contributed by atoms with Crippen LogP contribution in [0.25, 0.3) is 10.9 Å². The summed E-state index contributed by atoms with van der Waals surface area (Å²) >= 11 is 0. The first kappa shape index (κ1) is 18.7. The zero-order chi connectivity index (χ0) is 20.3. The largest absolute Gasteiger partial charge is 0.477 e. The maximum Gasteiger partial charge on any atom is 0.341 e. The number of anilines is 2. The summed E-state index contributed by atoms with van der Waals surface area (Å²) in [4.78, 5) is 25.7. The van der Waals surface area contributed by atoms with E-state index in [0.29, 0.717) is 19.6 Å². The van der Waals surface area contributed by atoms with Crippen LogP contribution in [-0.4, -0.2) is 35.3 Å². The minimum Gasteiger partial charge on any atom is -0.477 e. The van der Waals surface area contributed by atoms with Gasteiger partial charge in [0.1, 0.15) is 11.3 Å². The van der Waals surface area contributed by atoms with Gasteiger partial charge in [-0.1, -0.05) is 6.92 Å². The third kappa shape index (κ3) is 2.64. The van der Waals surface area contributed by atoms with Crippen molar-refractivity contribution in [3.05, 3.63) is 33.6 Å². The van der Waals surface area contributed by atoms with E-state index in [1.54, 1.807) is 4.90 Å². The number of benzene rings is 1. The summed E-state index contributed by atoms with van der Waals surface area (Å²) in [5.41, 5.74) is 9.23. The fourth-order valence-electron chi connectivity index (χ4n) is 4.15. The molecule has 2 atom stereocenters. The van der Waals surface area contributed by atoms with Gasteiger partial charge in [-0.2, -0.15) is 0 Å². The Morgan fingerprint density at radius 1 is 1.29 bits per heavy atom. The zero-order valence-corrected chi connectivity index (χ0v) is 15.4. The fraction of sp³-hybridized carbons (Fsp3) is 0.474. The Balaban J connectivity index is 2.03. The number of fused-ring (bicyclic) bond motifs is 1. The maximum atomic E-state index is 15.6. The average molecular weight is 392 g/mol. The van der Waals surface area contributed by atoms with Crippen molar-refractivity contribution in [1.29, 1.82) is 0 Å². The van der Waals surface area contributed by atoms with Crippen LogP contribution in [-0.2, 0) is 0 Å². The van der Waals surface area contributed by atoms with E-state index >= 15 is 8.78 Å². The quantitative estimate of drug-likeness (QED) is 0.685. The second-order valence-electron chi connectivity index (χ2n) is 7.81. The maximum absolute atomic E-state index is 15.6. The van der Waals surface area contributed by atoms with E-state index in [-0.39, 0.29) is 29.1 Å². The van der Waals surface area contributed by atoms with Crippen LogP contribution in [0.3, 0.4) is 0 Å². The molecule has 1 aromatic heterocycles. The number of carboxylic acid groups (broad SMARTS) is 1. The van der Waals surface area contributed by atoms with E-state index < -0.39 is 39.7 Å². The van der Waals surface area contributed by atoms with E-state index in [2.05, 4.69) is 0 Å².